The first-order chi connectivity index (χ1) is 7.70. The second-order valence-corrected chi connectivity index (χ2v) is 3.59. The van der Waals surface area contributed by atoms with Gasteiger partial charge in [0.25, 0.3) is 5.56 Å². The molecule has 0 spiro atoms. The Labute approximate surface area is 93.4 Å². The summed E-state index contributed by atoms with van der Waals surface area (Å²) in [6.07, 6.45) is 1.54. The summed E-state index contributed by atoms with van der Waals surface area (Å²) >= 11 is 0. The minimum Gasteiger partial charge on any atom is -0.382 e. The van der Waals surface area contributed by atoms with Gasteiger partial charge < -0.3 is 10.3 Å². The summed E-state index contributed by atoms with van der Waals surface area (Å²) in [4.78, 5) is 18.5. The Balaban J connectivity index is 2.49. The van der Waals surface area contributed by atoms with Gasteiger partial charge in [0.1, 0.15) is 11.5 Å². The summed E-state index contributed by atoms with van der Waals surface area (Å²) in [5.41, 5.74) is 2.36. The quantitative estimate of drug-likeness (QED) is 0.803. The summed E-state index contributed by atoms with van der Waals surface area (Å²) in [6, 6.07) is 7.85. The Morgan fingerprint density at radius 2 is 2.19 bits per heavy atom. The molecule has 4 nitrogen and oxygen atoms in total. The molecule has 16 heavy (non-hydrogen) atoms. The summed E-state index contributed by atoms with van der Waals surface area (Å²) in [6.45, 7) is 2.00. The molecular formula is C12H13N3O. The highest BCUT2D eigenvalue weighted by Crippen LogP contribution is 2.14. The van der Waals surface area contributed by atoms with E-state index in [-0.39, 0.29) is 5.56 Å². The van der Waals surface area contributed by atoms with Crippen molar-refractivity contribution < 1.29 is 0 Å². The molecule has 0 radical (unpaired) electrons. The van der Waals surface area contributed by atoms with E-state index in [0.717, 1.165) is 11.1 Å². The fourth-order valence-corrected chi connectivity index (χ4v) is 1.51. The molecule has 0 aliphatic heterocycles. The van der Waals surface area contributed by atoms with Gasteiger partial charge in [-0.05, 0) is 13.0 Å². The molecule has 0 aliphatic rings. The highest BCUT2D eigenvalue weighted by molar-refractivity contribution is 5.56. The number of aromatic amines is 1. The molecule has 0 aliphatic carbocycles. The van der Waals surface area contributed by atoms with E-state index in [1.165, 1.54) is 6.20 Å². The number of benzene rings is 1. The van der Waals surface area contributed by atoms with Gasteiger partial charge in [-0.25, -0.2) is 4.98 Å². The molecule has 0 saturated heterocycles. The van der Waals surface area contributed by atoms with E-state index >= 15 is 0 Å². The van der Waals surface area contributed by atoms with E-state index in [1.807, 2.05) is 31.2 Å². The van der Waals surface area contributed by atoms with E-state index in [9.17, 15) is 4.79 Å². The molecule has 0 bridgehead atoms. The van der Waals surface area contributed by atoms with Crippen LogP contribution in [-0.4, -0.2) is 17.0 Å². The zero-order valence-electron chi connectivity index (χ0n) is 9.24. The maximum atomic E-state index is 11.6. The highest BCUT2D eigenvalue weighted by atomic mass is 16.1. The first-order valence-corrected chi connectivity index (χ1v) is 5.05. The van der Waals surface area contributed by atoms with Crippen LogP contribution in [0.3, 0.4) is 0 Å². The maximum absolute atomic E-state index is 11.6. The van der Waals surface area contributed by atoms with Crippen LogP contribution in [0.2, 0.25) is 0 Å². The molecule has 2 rings (SSSR count). The second kappa shape index (κ2) is 4.18. The average molecular weight is 215 g/mol. The van der Waals surface area contributed by atoms with Crippen LogP contribution in [0.4, 0.5) is 5.69 Å². The van der Waals surface area contributed by atoms with E-state index < -0.39 is 0 Å². The Morgan fingerprint density at radius 1 is 1.38 bits per heavy atom. The standard InChI is InChI=1S/C12H13N3O/c1-8-4-3-5-9(6-8)11-14-7-10(13-2)12(16)15-11/h3-7,13H,1-2H3,(H,14,15,16). The van der Waals surface area contributed by atoms with Crippen molar-refractivity contribution in [3.8, 4) is 11.4 Å². The largest absolute Gasteiger partial charge is 0.382 e. The predicted octanol–water partition coefficient (Wildman–Crippen LogP) is 1.79. The first-order valence-electron chi connectivity index (χ1n) is 5.05. The normalized spacial score (nSPS) is 10.1. The van der Waals surface area contributed by atoms with Crippen molar-refractivity contribution in [3.63, 3.8) is 0 Å². The van der Waals surface area contributed by atoms with Crippen LogP contribution >= 0.6 is 0 Å². The van der Waals surface area contributed by atoms with Gasteiger partial charge in [-0.1, -0.05) is 23.8 Å². The molecule has 0 fully saturated rings. The highest BCUT2D eigenvalue weighted by Gasteiger charge is 2.03. The molecule has 0 saturated carbocycles. The Bertz CT molecular complexity index is 560. The molecule has 0 amide bonds. The number of H-pyrrole nitrogens is 1. The third kappa shape index (κ3) is 1.95. The van der Waals surface area contributed by atoms with Crippen LogP contribution in [0.1, 0.15) is 5.56 Å². The molecule has 1 aromatic heterocycles. The Morgan fingerprint density at radius 3 is 2.81 bits per heavy atom. The van der Waals surface area contributed by atoms with Crippen LogP contribution in [0.25, 0.3) is 11.4 Å². The summed E-state index contributed by atoms with van der Waals surface area (Å²) in [7, 11) is 1.69. The predicted molar refractivity (Wildman–Crippen MR) is 64.6 cm³/mol. The lowest BCUT2D eigenvalue weighted by Gasteiger charge is -2.03. The van der Waals surface area contributed by atoms with Crippen LogP contribution in [0.5, 0.6) is 0 Å². The van der Waals surface area contributed by atoms with Crippen molar-refractivity contribution in [2.24, 2.45) is 0 Å². The lowest BCUT2D eigenvalue weighted by Crippen LogP contribution is -2.13. The number of nitrogens with zero attached hydrogens (tertiary/aromatic N) is 1. The van der Waals surface area contributed by atoms with Gasteiger partial charge in [-0.3, -0.25) is 4.79 Å². The molecule has 0 unspecified atom stereocenters. The van der Waals surface area contributed by atoms with Gasteiger partial charge >= 0.3 is 0 Å². The first kappa shape index (κ1) is 10.4. The minimum atomic E-state index is -0.158. The Kier molecular flexibility index (Phi) is 2.72. The number of anilines is 1. The van der Waals surface area contributed by atoms with Crippen molar-refractivity contribution in [2.75, 3.05) is 12.4 Å². The lowest BCUT2D eigenvalue weighted by molar-refractivity contribution is 1.12. The number of rotatable bonds is 2. The number of aryl methyl sites for hydroxylation is 1. The zero-order valence-corrected chi connectivity index (χ0v) is 9.24. The average Bonchev–Trinajstić information content (AvgIpc) is 2.29. The SMILES string of the molecule is CNc1cnc(-c2cccc(C)c2)[nH]c1=O. The molecule has 82 valence electrons. The minimum absolute atomic E-state index is 0.158. The second-order valence-electron chi connectivity index (χ2n) is 3.59. The fourth-order valence-electron chi connectivity index (χ4n) is 1.51. The van der Waals surface area contributed by atoms with Crippen molar-refractivity contribution in [2.45, 2.75) is 6.92 Å². The Hall–Kier alpha value is -2.10. The number of hydrogen-bond acceptors (Lipinski definition) is 3. The third-order valence-corrected chi connectivity index (χ3v) is 2.36. The molecule has 1 aromatic carbocycles. The summed E-state index contributed by atoms with van der Waals surface area (Å²) in [5, 5.41) is 2.78. The van der Waals surface area contributed by atoms with E-state index in [4.69, 9.17) is 0 Å². The van der Waals surface area contributed by atoms with Crippen molar-refractivity contribution in [1.29, 1.82) is 0 Å². The van der Waals surface area contributed by atoms with Crippen molar-refractivity contribution in [1.82, 2.24) is 9.97 Å². The summed E-state index contributed by atoms with van der Waals surface area (Å²) < 4.78 is 0. The molecule has 2 aromatic rings. The van der Waals surface area contributed by atoms with Crippen molar-refractivity contribution in [3.05, 3.63) is 46.4 Å². The van der Waals surface area contributed by atoms with E-state index in [2.05, 4.69) is 15.3 Å². The van der Waals surface area contributed by atoms with Gasteiger partial charge in [0.15, 0.2) is 0 Å². The van der Waals surface area contributed by atoms with Crippen LogP contribution in [0, 0.1) is 6.92 Å². The number of nitrogens with one attached hydrogen (secondary N) is 2. The van der Waals surface area contributed by atoms with Gasteiger partial charge in [-0.15, -0.1) is 0 Å². The van der Waals surface area contributed by atoms with Gasteiger partial charge in [0.05, 0.1) is 6.20 Å². The van der Waals surface area contributed by atoms with Gasteiger partial charge in [-0.2, -0.15) is 0 Å². The molecule has 4 heteroatoms. The topological polar surface area (TPSA) is 57.8 Å². The van der Waals surface area contributed by atoms with Gasteiger partial charge in [0.2, 0.25) is 0 Å². The zero-order chi connectivity index (χ0) is 11.5. The van der Waals surface area contributed by atoms with E-state index in [0.29, 0.717) is 11.5 Å². The monoisotopic (exact) mass is 215 g/mol. The molecular weight excluding hydrogens is 202 g/mol. The molecule has 0 atom stereocenters. The summed E-state index contributed by atoms with van der Waals surface area (Å²) in [5.74, 6) is 0.590. The third-order valence-electron chi connectivity index (χ3n) is 2.36. The van der Waals surface area contributed by atoms with Gasteiger partial charge in [0, 0.05) is 12.6 Å². The van der Waals surface area contributed by atoms with Crippen LogP contribution < -0.4 is 10.9 Å². The smallest absolute Gasteiger partial charge is 0.274 e. The number of hydrogen-bond donors (Lipinski definition) is 2. The van der Waals surface area contributed by atoms with Crippen LogP contribution in [-0.2, 0) is 0 Å². The molecule has 1 heterocycles. The molecule has 2 N–H and O–H groups in total. The fraction of sp³-hybridized carbons (Fsp3) is 0.167. The number of aromatic nitrogens is 2. The maximum Gasteiger partial charge on any atom is 0.274 e. The lowest BCUT2D eigenvalue weighted by atomic mass is 10.1. The van der Waals surface area contributed by atoms with Crippen molar-refractivity contribution >= 4 is 5.69 Å². The van der Waals surface area contributed by atoms with E-state index in [1.54, 1.807) is 7.05 Å². The van der Waals surface area contributed by atoms with Crippen LogP contribution in [0.15, 0.2) is 35.3 Å².